The van der Waals surface area contributed by atoms with Crippen LogP contribution in [-0.2, 0) is 6.54 Å². The summed E-state index contributed by atoms with van der Waals surface area (Å²) in [6, 6.07) is 2.78. The predicted molar refractivity (Wildman–Crippen MR) is 74.5 cm³/mol. The number of carbonyl (C=O) groups excluding carboxylic acids is 1. The maximum Gasteiger partial charge on any atom is 0.319 e. The molecule has 3 rings (SSSR count). The van der Waals surface area contributed by atoms with Crippen molar-refractivity contribution in [2.45, 2.75) is 37.8 Å². The predicted octanol–water partition coefficient (Wildman–Crippen LogP) is 2.80. The number of hydrogen-bond donors (Lipinski definition) is 2. The van der Waals surface area contributed by atoms with Gasteiger partial charge in [0.2, 0.25) is 5.88 Å². The molecule has 0 atom stereocenters. The fraction of sp³-hybridized carbons (Fsp3) is 0.400. The van der Waals surface area contributed by atoms with Crippen molar-refractivity contribution in [2.75, 3.05) is 0 Å². The molecule has 0 bridgehead atoms. The number of nitrogens with one attached hydrogen (secondary N) is 2. The summed E-state index contributed by atoms with van der Waals surface area (Å²) < 4.78 is 43.3. The molecule has 23 heavy (non-hydrogen) atoms. The van der Waals surface area contributed by atoms with Gasteiger partial charge in [0.25, 0.3) is 5.92 Å². The van der Waals surface area contributed by atoms with E-state index in [0.717, 1.165) is 0 Å². The molecule has 1 fully saturated rings. The van der Waals surface area contributed by atoms with E-state index in [1.54, 1.807) is 12.1 Å². The first-order chi connectivity index (χ1) is 10.9. The lowest BCUT2D eigenvalue weighted by Gasteiger charge is -2.34. The van der Waals surface area contributed by atoms with Crippen molar-refractivity contribution in [1.82, 2.24) is 15.6 Å². The fourth-order valence-electron chi connectivity index (χ4n) is 2.22. The molecular formula is C15H14F3N3O2. The highest BCUT2D eigenvalue weighted by atomic mass is 19.3. The maximum absolute atomic E-state index is 12.8. The maximum atomic E-state index is 12.8. The number of aromatic nitrogens is 1. The molecule has 0 aromatic carbocycles. The minimum Gasteiger partial charge on any atom is -0.474 e. The summed E-state index contributed by atoms with van der Waals surface area (Å²) in [5, 5.41) is 5.04. The SMILES string of the molecule is O=C(NCc1ccnc(OC2CC(F)(F)C2)c1)NC1=C=C(F)C1. The van der Waals surface area contributed by atoms with Crippen molar-refractivity contribution in [3.05, 3.63) is 41.1 Å². The van der Waals surface area contributed by atoms with Crippen LogP contribution in [0.2, 0.25) is 0 Å². The number of nitrogens with zero attached hydrogens (tertiary/aromatic N) is 1. The average Bonchev–Trinajstić information content (AvgIpc) is 2.42. The number of ether oxygens (including phenoxy) is 1. The molecule has 2 aliphatic rings. The molecule has 0 saturated heterocycles. The zero-order valence-corrected chi connectivity index (χ0v) is 12.0. The van der Waals surface area contributed by atoms with E-state index in [9.17, 15) is 18.0 Å². The third kappa shape index (κ3) is 4.04. The van der Waals surface area contributed by atoms with Gasteiger partial charge in [0.1, 0.15) is 6.10 Å². The second-order valence-electron chi connectivity index (χ2n) is 5.50. The number of hydrogen-bond acceptors (Lipinski definition) is 3. The molecule has 5 nitrogen and oxygen atoms in total. The average molecular weight is 325 g/mol. The van der Waals surface area contributed by atoms with E-state index < -0.39 is 23.9 Å². The summed E-state index contributed by atoms with van der Waals surface area (Å²) in [5.74, 6) is -2.79. The minimum absolute atomic E-state index is 0.0761. The fourth-order valence-corrected chi connectivity index (χ4v) is 2.22. The lowest BCUT2D eigenvalue weighted by atomic mass is 9.91. The highest BCUT2D eigenvalue weighted by Crippen LogP contribution is 2.39. The molecule has 1 aromatic heterocycles. The number of rotatable bonds is 5. The van der Waals surface area contributed by atoms with Gasteiger partial charge in [0.15, 0.2) is 5.83 Å². The van der Waals surface area contributed by atoms with Crippen molar-refractivity contribution in [3.8, 4) is 5.88 Å². The van der Waals surface area contributed by atoms with Gasteiger partial charge < -0.3 is 15.4 Å². The van der Waals surface area contributed by atoms with Gasteiger partial charge in [-0.1, -0.05) is 5.73 Å². The van der Waals surface area contributed by atoms with Gasteiger partial charge in [-0.2, -0.15) is 0 Å². The highest BCUT2D eigenvalue weighted by molar-refractivity contribution is 5.76. The second kappa shape index (κ2) is 5.96. The Morgan fingerprint density at radius 2 is 2.22 bits per heavy atom. The molecule has 2 N–H and O–H groups in total. The lowest BCUT2D eigenvalue weighted by molar-refractivity contribution is -0.135. The van der Waals surface area contributed by atoms with Gasteiger partial charge in [-0.3, -0.25) is 0 Å². The summed E-state index contributed by atoms with van der Waals surface area (Å²) in [6.45, 7) is 0.199. The summed E-state index contributed by atoms with van der Waals surface area (Å²) >= 11 is 0. The zero-order chi connectivity index (χ0) is 16.4. The first-order valence-electron chi connectivity index (χ1n) is 7.08. The van der Waals surface area contributed by atoms with Crippen molar-refractivity contribution in [1.29, 1.82) is 0 Å². The van der Waals surface area contributed by atoms with Gasteiger partial charge in [-0.05, 0) is 11.6 Å². The van der Waals surface area contributed by atoms with Crippen LogP contribution in [0.3, 0.4) is 0 Å². The van der Waals surface area contributed by atoms with Gasteiger partial charge in [-0.15, -0.1) is 0 Å². The van der Waals surface area contributed by atoms with E-state index in [1.165, 1.54) is 6.20 Å². The van der Waals surface area contributed by atoms with Crippen LogP contribution in [0.5, 0.6) is 5.88 Å². The zero-order valence-electron chi connectivity index (χ0n) is 12.0. The van der Waals surface area contributed by atoms with E-state index in [0.29, 0.717) is 11.3 Å². The molecule has 0 spiro atoms. The standard InChI is InChI=1S/C15H14F3N3O2/c16-10-4-11(5-10)21-14(22)20-8-9-1-2-19-13(3-9)23-12-6-15(17,18)7-12/h1-3,12H,4,6-8H2,(H2,20,21,22). The van der Waals surface area contributed by atoms with E-state index in [4.69, 9.17) is 4.74 Å². The molecule has 1 aromatic rings. The molecule has 8 heteroatoms. The third-order valence-electron chi connectivity index (χ3n) is 3.48. The molecule has 1 heterocycles. The van der Waals surface area contributed by atoms with E-state index >= 15 is 0 Å². The summed E-state index contributed by atoms with van der Waals surface area (Å²) in [6.07, 6.45) is 0.411. The van der Waals surface area contributed by atoms with Gasteiger partial charge in [0, 0.05) is 31.6 Å². The Balaban J connectivity index is 1.48. The van der Waals surface area contributed by atoms with Crippen LogP contribution >= 0.6 is 0 Å². The van der Waals surface area contributed by atoms with E-state index in [1.807, 2.05) is 0 Å². The van der Waals surface area contributed by atoms with Crippen LogP contribution in [0.1, 0.15) is 24.8 Å². The van der Waals surface area contributed by atoms with Crippen molar-refractivity contribution in [3.63, 3.8) is 0 Å². The largest absolute Gasteiger partial charge is 0.474 e. The van der Waals surface area contributed by atoms with Crippen LogP contribution in [0.4, 0.5) is 18.0 Å². The van der Waals surface area contributed by atoms with E-state index in [2.05, 4.69) is 21.3 Å². The lowest BCUT2D eigenvalue weighted by Crippen LogP contribution is -2.43. The topological polar surface area (TPSA) is 63.2 Å². The summed E-state index contributed by atoms with van der Waals surface area (Å²) in [5.41, 5.74) is 3.43. The van der Waals surface area contributed by atoms with Crippen LogP contribution in [0.25, 0.3) is 0 Å². The Morgan fingerprint density at radius 1 is 1.48 bits per heavy atom. The normalized spacial score (nSPS) is 18.9. The number of urea groups is 1. The number of amides is 2. The van der Waals surface area contributed by atoms with Crippen molar-refractivity contribution >= 4 is 6.03 Å². The first-order valence-corrected chi connectivity index (χ1v) is 7.08. The van der Waals surface area contributed by atoms with Crippen LogP contribution in [0.15, 0.2) is 35.6 Å². The quantitative estimate of drug-likeness (QED) is 0.818. The Morgan fingerprint density at radius 3 is 2.87 bits per heavy atom. The first kappa shape index (κ1) is 15.4. The Hall–Kier alpha value is -2.47. The Labute approximate surface area is 130 Å². The molecule has 1 saturated carbocycles. The highest BCUT2D eigenvalue weighted by Gasteiger charge is 2.47. The Bertz CT molecular complexity index is 691. The molecule has 0 unspecified atom stereocenters. The van der Waals surface area contributed by atoms with Crippen LogP contribution in [0, 0.1) is 0 Å². The van der Waals surface area contributed by atoms with Crippen LogP contribution in [-0.4, -0.2) is 23.0 Å². The molecule has 2 amide bonds. The molecule has 2 aliphatic carbocycles. The van der Waals surface area contributed by atoms with Gasteiger partial charge >= 0.3 is 6.03 Å². The third-order valence-corrected chi connectivity index (χ3v) is 3.48. The second-order valence-corrected chi connectivity index (χ2v) is 5.50. The van der Waals surface area contributed by atoms with Crippen LogP contribution < -0.4 is 15.4 Å². The number of halogens is 3. The number of pyridine rings is 1. The molecule has 122 valence electrons. The summed E-state index contributed by atoms with van der Waals surface area (Å²) in [4.78, 5) is 15.5. The number of alkyl halides is 2. The van der Waals surface area contributed by atoms with Crippen molar-refractivity contribution < 1.29 is 22.7 Å². The smallest absolute Gasteiger partial charge is 0.319 e. The van der Waals surface area contributed by atoms with Crippen molar-refractivity contribution in [2.24, 2.45) is 0 Å². The summed E-state index contributed by atoms with van der Waals surface area (Å²) in [7, 11) is 0. The monoisotopic (exact) mass is 325 g/mol. The number of carbonyl (C=O) groups is 1. The van der Waals surface area contributed by atoms with Gasteiger partial charge in [-0.25, -0.2) is 22.9 Å². The molecular weight excluding hydrogens is 311 g/mol. The minimum atomic E-state index is -2.65. The Kier molecular flexibility index (Phi) is 4.00. The molecule has 0 radical (unpaired) electrons. The van der Waals surface area contributed by atoms with Gasteiger partial charge in [0.05, 0.1) is 12.1 Å². The molecule has 0 aliphatic heterocycles. The van der Waals surface area contributed by atoms with E-state index in [-0.39, 0.29) is 31.7 Å².